The molecule has 1 amide bonds. The van der Waals surface area contributed by atoms with E-state index in [4.69, 9.17) is 14.6 Å². The fourth-order valence-electron chi connectivity index (χ4n) is 3.05. The summed E-state index contributed by atoms with van der Waals surface area (Å²) in [5.41, 5.74) is 0.666. The Hall–Kier alpha value is -1.83. The van der Waals surface area contributed by atoms with Crippen molar-refractivity contribution in [3.05, 3.63) is 29.8 Å². The lowest BCUT2D eigenvalue weighted by Crippen LogP contribution is -2.48. The first kappa shape index (κ1) is 22.5. The van der Waals surface area contributed by atoms with Crippen LogP contribution >= 0.6 is 0 Å². The highest BCUT2D eigenvalue weighted by Gasteiger charge is 2.16. The predicted octanol–water partition coefficient (Wildman–Crippen LogP) is 1.74. The Morgan fingerprint density at radius 2 is 1.68 bits per heavy atom. The van der Waals surface area contributed by atoms with Gasteiger partial charge in [0, 0.05) is 45.8 Å². The largest absolute Gasteiger partial charge is 0.492 e. The molecule has 1 aromatic carbocycles. The molecule has 0 bridgehead atoms. The van der Waals surface area contributed by atoms with Crippen LogP contribution in [0.5, 0.6) is 5.75 Å². The van der Waals surface area contributed by atoms with Crippen molar-refractivity contribution >= 4 is 6.09 Å². The first-order valence-electron chi connectivity index (χ1n) is 10.1. The minimum atomic E-state index is -0.476. The number of carbonyl (C=O) groups is 1. The summed E-state index contributed by atoms with van der Waals surface area (Å²) < 4.78 is 11.1. The van der Waals surface area contributed by atoms with Crippen LogP contribution in [0.3, 0.4) is 0 Å². The number of β-amino-alcohol motifs (C(OH)–C–C–N with tert-alkyl or cyclic N) is 1. The van der Waals surface area contributed by atoms with E-state index in [9.17, 15) is 4.79 Å². The molecule has 0 atom stereocenters. The van der Waals surface area contributed by atoms with Crippen molar-refractivity contribution < 1.29 is 19.4 Å². The van der Waals surface area contributed by atoms with Crippen LogP contribution in [0.2, 0.25) is 0 Å². The summed E-state index contributed by atoms with van der Waals surface area (Å²) in [7, 11) is 0. The molecule has 7 heteroatoms. The van der Waals surface area contributed by atoms with Crippen LogP contribution in [0.15, 0.2) is 24.3 Å². The van der Waals surface area contributed by atoms with Crippen LogP contribution in [0.4, 0.5) is 4.79 Å². The fraction of sp³-hybridized carbons (Fsp3) is 0.667. The lowest BCUT2D eigenvalue weighted by Gasteiger charge is -2.34. The Morgan fingerprint density at radius 3 is 2.25 bits per heavy atom. The highest BCUT2D eigenvalue weighted by Crippen LogP contribution is 2.13. The summed E-state index contributed by atoms with van der Waals surface area (Å²) in [6.07, 6.45) is 0.363. The zero-order valence-corrected chi connectivity index (χ0v) is 17.4. The maximum Gasteiger partial charge on any atom is 0.407 e. The molecule has 0 aliphatic carbocycles. The number of rotatable bonds is 9. The van der Waals surface area contributed by atoms with Gasteiger partial charge in [-0.3, -0.25) is 9.80 Å². The number of hydrogen-bond donors (Lipinski definition) is 2. The zero-order chi connectivity index (χ0) is 20.4. The van der Waals surface area contributed by atoms with Crippen molar-refractivity contribution in [3.8, 4) is 5.75 Å². The monoisotopic (exact) mass is 393 g/mol. The van der Waals surface area contributed by atoms with Gasteiger partial charge in [-0.25, -0.2) is 4.79 Å². The molecule has 0 radical (unpaired) electrons. The summed E-state index contributed by atoms with van der Waals surface area (Å²) in [4.78, 5) is 16.3. The Balaban J connectivity index is 1.60. The van der Waals surface area contributed by atoms with Gasteiger partial charge in [-0.1, -0.05) is 12.1 Å². The molecule has 1 aliphatic heterocycles. The maximum absolute atomic E-state index is 11.6. The summed E-state index contributed by atoms with van der Waals surface area (Å²) in [6, 6.07) is 8.00. The third-order valence-corrected chi connectivity index (χ3v) is 4.56. The van der Waals surface area contributed by atoms with E-state index in [0.29, 0.717) is 13.2 Å². The van der Waals surface area contributed by atoms with Crippen molar-refractivity contribution in [1.82, 2.24) is 15.1 Å². The molecule has 0 spiro atoms. The van der Waals surface area contributed by atoms with Gasteiger partial charge < -0.3 is 19.9 Å². The van der Waals surface area contributed by atoms with Crippen LogP contribution in [-0.4, -0.2) is 85.6 Å². The number of amides is 1. The van der Waals surface area contributed by atoms with Crippen LogP contribution in [0.25, 0.3) is 0 Å². The van der Waals surface area contributed by atoms with Crippen molar-refractivity contribution in [2.45, 2.75) is 32.8 Å². The molecule has 1 saturated heterocycles. The van der Waals surface area contributed by atoms with E-state index >= 15 is 0 Å². The Morgan fingerprint density at radius 1 is 1.07 bits per heavy atom. The molecule has 158 valence electrons. The molecule has 28 heavy (non-hydrogen) atoms. The second-order valence-electron chi connectivity index (χ2n) is 8.08. The number of hydrogen-bond acceptors (Lipinski definition) is 6. The third kappa shape index (κ3) is 8.91. The minimum absolute atomic E-state index is 0.232. The van der Waals surface area contributed by atoms with Crippen molar-refractivity contribution in [3.63, 3.8) is 0 Å². The SMILES string of the molecule is CC(C)(C)OC(=O)NCCc1ccc(OCCN2CCN(CCO)CC2)cc1. The number of nitrogens with zero attached hydrogens (tertiary/aromatic N) is 2. The van der Waals surface area contributed by atoms with E-state index in [2.05, 4.69) is 15.1 Å². The molecule has 1 heterocycles. The van der Waals surface area contributed by atoms with E-state index in [1.165, 1.54) is 0 Å². The molecule has 2 N–H and O–H groups in total. The number of ether oxygens (including phenoxy) is 2. The van der Waals surface area contributed by atoms with Crippen LogP contribution in [-0.2, 0) is 11.2 Å². The Labute approximate surface area is 168 Å². The van der Waals surface area contributed by atoms with Gasteiger partial charge in [0.25, 0.3) is 0 Å². The lowest BCUT2D eigenvalue weighted by atomic mass is 10.1. The summed E-state index contributed by atoms with van der Waals surface area (Å²) in [6.45, 7) is 12.7. The first-order chi connectivity index (χ1) is 13.4. The van der Waals surface area contributed by atoms with Gasteiger partial charge in [-0.15, -0.1) is 0 Å². The Kier molecular flexibility index (Phi) is 9.02. The van der Waals surface area contributed by atoms with Crippen LogP contribution < -0.4 is 10.1 Å². The van der Waals surface area contributed by atoms with Gasteiger partial charge in [0.15, 0.2) is 0 Å². The molecule has 1 aromatic rings. The number of carbonyl (C=O) groups excluding carboxylic acids is 1. The highest BCUT2D eigenvalue weighted by atomic mass is 16.6. The van der Waals surface area contributed by atoms with Gasteiger partial charge in [0.2, 0.25) is 0 Å². The number of aliphatic hydroxyl groups excluding tert-OH is 1. The van der Waals surface area contributed by atoms with Crippen molar-refractivity contribution in [2.24, 2.45) is 0 Å². The van der Waals surface area contributed by atoms with Gasteiger partial charge in [-0.05, 0) is 44.9 Å². The summed E-state index contributed by atoms with van der Waals surface area (Å²) in [5, 5.41) is 11.8. The molecule has 1 aliphatic rings. The zero-order valence-electron chi connectivity index (χ0n) is 17.4. The van der Waals surface area contributed by atoms with Gasteiger partial charge in [0.05, 0.1) is 6.61 Å². The maximum atomic E-state index is 11.6. The number of aliphatic hydroxyl groups is 1. The molecule has 2 rings (SSSR count). The van der Waals surface area contributed by atoms with E-state index in [1.807, 2.05) is 45.0 Å². The van der Waals surface area contributed by atoms with E-state index in [0.717, 1.165) is 57.0 Å². The summed E-state index contributed by atoms with van der Waals surface area (Å²) >= 11 is 0. The quantitative estimate of drug-likeness (QED) is 0.666. The minimum Gasteiger partial charge on any atom is -0.492 e. The van der Waals surface area contributed by atoms with Crippen molar-refractivity contribution in [2.75, 3.05) is 59.0 Å². The van der Waals surface area contributed by atoms with E-state index in [1.54, 1.807) is 0 Å². The topological polar surface area (TPSA) is 74.3 Å². The van der Waals surface area contributed by atoms with Gasteiger partial charge in [0.1, 0.15) is 18.0 Å². The molecule has 0 aromatic heterocycles. The van der Waals surface area contributed by atoms with Gasteiger partial charge >= 0.3 is 6.09 Å². The number of alkyl carbamates (subject to hydrolysis) is 1. The normalized spacial score (nSPS) is 16.0. The van der Waals surface area contributed by atoms with Gasteiger partial charge in [-0.2, -0.15) is 0 Å². The highest BCUT2D eigenvalue weighted by molar-refractivity contribution is 5.67. The number of nitrogens with one attached hydrogen (secondary N) is 1. The molecular weight excluding hydrogens is 358 g/mol. The number of benzene rings is 1. The van der Waals surface area contributed by atoms with Crippen molar-refractivity contribution in [1.29, 1.82) is 0 Å². The van der Waals surface area contributed by atoms with Crippen LogP contribution in [0.1, 0.15) is 26.3 Å². The first-order valence-corrected chi connectivity index (χ1v) is 10.1. The average molecular weight is 394 g/mol. The predicted molar refractivity (Wildman–Crippen MR) is 110 cm³/mol. The molecule has 1 fully saturated rings. The second kappa shape index (κ2) is 11.2. The summed E-state index contributed by atoms with van der Waals surface area (Å²) in [5.74, 6) is 0.864. The Bertz CT molecular complexity index is 578. The second-order valence-corrected chi connectivity index (χ2v) is 8.08. The molecule has 0 saturated carbocycles. The van der Waals surface area contributed by atoms with E-state index in [-0.39, 0.29) is 12.7 Å². The third-order valence-electron chi connectivity index (χ3n) is 4.56. The smallest absolute Gasteiger partial charge is 0.407 e. The standard InChI is InChI=1S/C21H35N3O4/c1-21(2,3)28-20(26)22-9-8-18-4-6-19(7-5-18)27-17-15-24-12-10-23(11-13-24)14-16-25/h4-7,25H,8-17H2,1-3H3,(H,22,26). The average Bonchev–Trinajstić information content (AvgIpc) is 2.63. The molecule has 0 unspecified atom stereocenters. The van der Waals surface area contributed by atoms with E-state index < -0.39 is 5.60 Å². The molecule has 7 nitrogen and oxygen atoms in total. The fourth-order valence-corrected chi connectivity index (χ4v) is 3.05. The molecular formula is C21H35N3O4. The lowest BCUT2D eigenvalue weighted by molar-refractivity contribution is 0.0528. The van der Waals surface area contributed by atoms with Crippen LogP contribution in [0, 0.1) is 0 Å². The number of piperazine rings is 1.